The van der Waals surface area contributed by atoms with Crippen molar-refractivity contribution in [3.8, 4) is 21.8 Å². The highest BCUT2D eigenvalue weighted by atomic mass is 35.5. The normalized spacial score (nSPS) is 11.1. The second-order valence-corrected chi connectivity index (χ2v) is 11.8. The highest BCUT2D eigenvalue weighted by molar-refractivity contribution is 7.18. The van der Waals surface area contributed by atoms with Crippen molar-refractivity contribution < 1.29 is 18.7 Å². The first kappa shape index (κ1) is 28.5. The van der Waals surface area contributed by atoms with Crippen molar-refractivity contribution in [3.05, 3.63) is 135 Å². The number of carbonyl (C=O) groups is 2. The van der Waals surface area contributed by atoms with Crippen LogP contribution in [0.25, 0.3) is 32.7 Å². The Morgan fingerprint density at radius 1 is 0.837 bits per heavy atom. The molecule has 0 radical (unpaired) electrons. The Morgan fingerprint density at radius 2 is 1.58 bits per heavy atom. The van der Waals surface area contributed by atoms with Gasteiger partial charge in [-0.05, 0) is 72.5 Å². The number of furan rings is 1. The molecule has 6 aromatic rings. The molecule has 0 N–H and O–H groups in total. The van der Waals surface area contributed by atoms with E-state index in [1.807, 2.05) is 105 Å². The Morgan fingerprint density at radius 3 is 2.35 bits per heavy atom. The molecule has 0 aliphatic carbocycles. The van der Waals surface area contributed by atoms with E-state index < -0.39 is 5.97 Å². The lowest BCUT2D eigenvalue weighted by molar-refractivity contribution is 0.0607. The van der Waals surface area contributed by atoms with Crippen LogP contribution in [0.15, 0.2) is 108 Å². The van der Waals surface area contributed by atoms with E-state index >= 15 is 0 Å². The predicted molar refractivity (Wildman–Crippen MR) is 174 cm³/mol. The summed E-state index contributed by atoms with van der Waals surface area (Å²) in [5, 5.41) is 1.61. The van der Waals surface area contributed by atoms with Gasteiger partial charge >= 0.3 is 5.97 Å². The molecule has 0 aliphatic heterocycles. The van der Waals surface area contributed by atoms with E-state index in [1.165, 1.54) is 18.4 Å². The number of anilines is 1. The smallest absolute Gasteiger partial charge is 0.350 e. The molecule has 6 rings (SSSR count). The molecule has 0 fully saturated rings. The number of esters is 1. The molecule has 1 amide bonds. The van der Waals surface area contributed by atoms with Gasteiger partial charge in [0.15, 0.2) is 0 Å². The maximum atomic E-state index is 14.4. The molecule has 43 heavy (non-hydrogen) atoms. The van der Waals surface area contributed by atoms with Crippen LogP contribution >= 0.6 is 22.9 Å². The van der Waals surface area contributed by atoms with Gasteiger partial charge in [0.25, 0.3) is 5.91 Å². The number of hydrogen-bond donors (Lipinski definition) is 0. The molecule has 2 heterocycles. The number of para-hydroxylation sites is 1. The summed E-state index contributed by atoms with van der Waals surface area (Å²) in [6, 6.07) is 33.1. The fourth-order valence-electron chi connectivity index (χ4n) is 5.12. The van der Waals surface area contributed by atoms with Crippen LogP contribution in [0.3, 0.4) is 0 Å². The maximum absolute atomic E-state index is 14.4. The molecule has 0 saturated carbocycles. The Kier molecular flexibility index (Phi) is 7.89. The van der Waals surface area contributed by atoms with Crippen molar-refractivity contribution in [2.75, 3.05) is 12.0 Å². The van der Waals surface area contributed by atoms with Crippen LogP contribution < -0.4 is 4.90 Å². The fraction of sp³-hybridized carbons (Fsp3) is 0.111. The average Bonchev–Trinajstić information content (AvgIpc) is 3.67. The van der Waals surface area contributed by atoms with Gasteiger partial charge < -0.3 is 14.1 Å². The van der Waals surface area contributed by atoms with Gasteiger partial charge in [0, 0.05) is 26.4 Å². The number of halogens is 1. The van der Waals surface area contributed by atoms with Gasteiger partial charge in [0.1, 0.15) is 16.2 Å². The van der Waals surface area contributed by atoms with Crippen LogP contribution in [0.4, 0.5) is 5.69 Å². The lowest BCUT2D eigenvalue weighted by Gasteiger charge is -2.24. The summed E-state index contributed by atoms with van der Waals surface area (Å²) in [5.74, 6) is -0.00349. The zero-order valence-corrected chi connectivity index (χ0v) is 25.5. The van der Waals surface area contributed by atoms with Gasteiger partial charge in [-0.2, -0.15) is 0 Å². The second kappa shape index (κ2) is 11.9. The lowest BCUT2D eigenvalue weighted by Crippen LogP contribution is -2.32. The topological polar surface area (TPSA) is 59.8 Å². The number of aryl methyl sites for hydroxylation is 2. The minimum absolute atomic E-state index is 0.211. The van der Waals surface area contributed by atoms with Crippen molar-refractivity contribution >= 4 is 51.5 Å². The minimum atomic E-state index is -0.500. The van der Waals surface area contributed by atoms with Crippen LogP contribution in [0.2, 0.25) is 5.02 Å². The zero-order chi connectivity index (χ0) is 30.1. The summed E-state index contributed by atoms with van der Waals surface area (Å²) in [5.41, 5.74) is 6.07. The minimum Gasteiger partial charge on any atom is -0.465 e. The first-order valence-electron chi connectivity index (χ1n) is 13.8. The Hall–Kier alpha value is -4.65. The number of nitrogens with zero attached hydrogens (tertiary/aromatic N) is 1. The molecule has 0 atom stereocenters. The monoisotopic (exact) mass is 605 g/mol. The molecule has 7 heteroatoms. The molecule has 4 aromatic carbocycles. The van der Waals surface area contributed by atoms with E-state index in [4.69, 9.17) is 20.8 Å². The molecule has 0 spiro atoms. The van der Waals surface area contributed by atoms with Crippen LogP contribution in [-0.2, 0) is 11.3 Å². The standard InChI is InChI=1S/C36H28ClNO4S/c1-22-17-29(37)23(2)16-28(22)35(39)38(30-20-33(25-11-5-4-6-12-25)43-34(30)36(40)41-3)21-24-10-9-14-26(18-24)32-19-27-13-7-8-15-31(27)42-32/h4-20H,21H2,1-3H3. The van der Waals surface area contributed by atoms with Gasteiger partial charge in [0.05, 0.1) is 19.3 Å². The number of rotatable bonds is 7. The number of hydrogen-bond acceptors (Lipinski definition) is 5. The van der Waals surface area contributed by atoms with E-state index in [2.05, 4.69) is 0 Å². The van der Waals surface area contributed by atoms with Gasteiger partial charge in [-0.1, -0.05) is 78.3 Å². The van der Waals surface area contributed by atoms with Gasteiger partial charge in [-0.3, -0.25) is 4.79 Å². The predicted octanol–water partition coefficient (Wildman–Crippen LogP) is 9.73. The van der Waals surface area contributed by atoms with Gasteiger partial charge in [-0.15, -0.1) is 11.3 Å². The first-order valence-corrected chi connectivity index (χ1v) is 15.0. The van der Waals surface area contributed by atoms with E-state index in [0.29, 0.717) is 21.2 Å². The van der Waals surface area contributed by atoms with Gasteiger partial charge in [-0.25, -0.2) is 4.79 Å². The molecule has 0 aliphatic rings. The molecule has 0 bridgehead atoms. The summed E-state index contributed by atoms with van der Waals surface area (Å²) in [4.78, 5) is 30.4. The average molecular weight is 606 g/mol. The number of thiophene rings is 1. The molecule has 0 unspecified atom stereocenters. The summed E-state index contributed by atoms with van der Waals surface area (Å²) in [7, 11) is 1.35. The van der Waals surface area contributed by atoms with Crippen molar-refractivity contribution in [1.29, 1.82) is 0 Å². The van der Waals surface area contributed by atoms with Gasteiger partial charge in [0.2, 0.25) is 0 Å². The van der Waals surface area contributed by atoms with Crippen LogP contribution in [0.5, 0.6) is 0 Å². The molecule has 0 saturated heterocycles. The number of carbonyl (C=O) groups excluding carboxylic acids is 2. The number of methoxy groups -OCH3 is 1. The number of ether oxygens (including phenoxy) is 1. The Balaban J connectivity index is 1.47. The van der Waals surface area contributed by atoms with Crippen LogP contribution in [0, 0.1) is 13.8 Å². The molecular formula is C36H28ClNO4S. The van der Waals surface area contributed by atoms with Crippen molar-refractivity contribution in [1.82, 2.24) is 0 Å². The number of fused-ring (bicyclic) bond motifs is 1. The highest BCUT2D eigenvalue weighted by Crippen LogP contribution is 2.39. The number of amides is 1. The zero-order valence-electron chi connectivity index (χ0n) is 23.9. The number of benzene rings is 4. The second-order valence-electron chi connectivity index (χ2n) is 10.3. The highest BCUT2D eigenvalue weighted by Gasteiger charge is 2.28. The third kappa shape index (κ3) is 5.72. The summed E-state index contributed by atoms with van der Waals surface area (Å²) in [6.07, 6.45) is 0. The first-order chi connectivity index (χ1) is 20.8. The maximum Gasteiger partial charge on any atom is 0.350 e. The van der Waals surface area contributed by atoms with Crippen LogP contribution in [0.1, 0.15) is 36.7 Å². The van der Waals surface area contributed by atoms with E-state index in [-0.39, 0.29) is 12.5 Å². The van der Waals surface area contributed by atoms with E-state index in [9.17, 15) is 9.59 Å². The summed E-state index contributed by atoms with van der Waals surface area (Å²) < 4.78 is 11.3. The Labute approximate surface area is 258 Å². The third-order valence-electron chi connectivity index (χ3n) is 7.39. The van der Waals surface area contributed by atoms with E-state index in [1.54, 1.807) is 17.0 Å². The molecule has 214 valence electrons. The fourth-order valence-corrected chi connectivity index (χ4v) is 6.42. The van der Waals surface area contributed by atoms with Crippen LogP contribution in [-0.4, -0.2) is 19.0 Å². The van der Waals surface area contributed by atoms with Crippen molar-refractivity contribution in [2.24, 2.45) is 0 Å². The quantitative estimate of drug-likeness (QED) is 0.170. The van der Waals surface area contributed by atoms with E-state index in [0.717, 1.165) is 49.4 Å². The molecule has 2 aromatic heterocycles. The van der Waals surface area contributed by atoms with Crippen molar-refractivity contribution in [2.45, 2.75) is 20.4 Å². The summed E-state index contributed by atoms with van der Waals surface area (Å²) in [6.45, 7) is 3.95. The molecule has 5 nitrogen and oxygen atoms in total. The SMILES string of the molecule is COC(=O)c1sc(-c2ccccc2)cc1N(Cc1cccc(-c2cc3ccccc3o2)c1)C(=O)c1cc(C)c(Cl)cc1C. The molecular weight excluding hydrogens is 578 g/mol. The lowest BCUT2D eigenvalue weighted by atomic mass is 10.0. The summed E-state index contributed by atoms with van der Waals surface area (Å²) >= 11 is 7.69. The third-order valence-corrected chi connectivity index (χ3v) is 8.95. The largest absolute Gasteiger partial charge is 0.465 e. The Bertz CT molecular complexity index is 1940. The van der Waals surface area contributed by atoms with Crippen molar-refractivity contribution in [3.63, 3.8) is 0 Å².